The first-order valence-electron chi connectivity index (χ1n) is 6.79. The van der Waals surface area contributed by atoms with E-state index in [0.717, 1.165) is 12.1 Å². The van der Waals surface area contributed by atoms with Crippen molar-refractivity contribution in [3.63, 3.8) is 0 Å². The fraction of sp³-hybridized carbons (Fsp3) is 0.188. The van der Waals surface area contributed by atoms with Crippen molar-refractivity contribution in [3.05, 3.63) is 65.5 Å². The fourth-order valence-electron chi connectivity index (χ4n) is 1.99. The van der Waals surface area contributed by atoms with Crippen molar-refractivity contribution >= 4 is 11.6 Å². The van der Waals surface area contributed by atoms with Crippen LogP contribution in [0.1, 0.15) is 18.5 Å². The summed E-state index contributed by atoms with van der Waals surface area (Å²) in [6.07, 6.45) is 0. The van der Waals surface area contributed by atoms with Crippen LogP contribution >= 0.6 is 0 Å². The third-order valence-electron chi connectivity index (χ3n) is 3.23. The van der Waals surface area contributed by atoms with Crippen LogP contribution < -0.4 is 10.6 Å². The van der Waals surface area contributed by atoms with E-state index >= 15 is 0 Å². The SMILES string of the molecule is C[C@H]([NH2+]CC(=O)Nc1cccc(F)c1)c1ccc(F)c(F)c1. The lowest BCUT2D eigenvalue weighted by molar-refractivity contribution is -0.682. The predicted molar refractivity (Wildman–Crippen MR) is 76.6 cm³/mol. The van der Waals surface area contributed by atoms with Crippen LogP contribution in [0.2, 0.25) is 0 Å². The summed E-state index contributed by atoms with van der Waals surface area (Å²) in [4.78, 5) is 11.8. The van der Waals surface area contributed by atoms with Crippen LogP contribution in [0.3, 0.4) is 0 Å². The number of rotatable bonds is 5. The molecule has 0 saturated carbocycles. The molecular weight excluding hydrogens is 293 g/mol. The highest BCUT2D eigenvalue weighted by atomic mass is 19.2. The van der Waals surface area contributed by atoms with Crippen LogP contribution in [-0.2, 0) is 4.79 Å². The average Bonchev–Trinajstić information content (AvgIpc) is 2.47. The number of nitrogens with one attached hydrogen (secondary N) is 1. The van der Waals surface area contributed by atoms with E-state index in [0.29, 0.717) is 11.3 Å². The molecule has 0 aliphatic heterocycles. The van der Waals surface area contributed by atoms with E-state index in [-0.39, 0.29) is 18.5 Å². The maximum Gasteiger partial charge on any atom is 0.279 e. The van der Waals surface area contributed by atoms with Gasteiger partial charge in [0, 0.05) is 11.3 Å². The molecule has 1 amide bonds. The number of quaternary nitrogens is 1. The number of hydrogen-bond donors (Lipinski definition) is 2. The van der Waals surface area contributed by atoms with Gasteiger partial charge in [-0.1, -0.05) is 6.07 Å². The van der Waals surface area contributed by atoms with E-state index in [1.165, 1.54) is 24.3 Å². The first kappa shape index (κ1) is 16.0. The quantitative estimate of drug-likeness (QED) is 0.875. The number of benzene rings is 2. The van der Waals surface area contributed by atoms with Crippen LogP contribution in [-0.4, -0.2) is 12.5 Å². The molecule has 0 unspecified atom stereocenters. The Morgan fingerprint density at radius 3 is 2.59 bits per heavy atom. The first-order valence-corrected chi connectivity index (χ1v) is 6.79. The minimum Gasteiger partial charge on any atom is -0.333 e. The Morgan fingerprint density at radius 1 is 1.14 bits per heavy atom. The number of nitrogens with two attached hydrogens (primary N) is 1. The van der Waals surface area contributed by atoms with Crippen molar-refractivity contribution in [1.82, 2.24) is 0 Å². The smallest absolute Gasteiger partial charge is 0.279 e. The van der Waals surface area contributed by atoms with Crippen molar-refractivity contribution in [1.29, 1.82) is 0 Å². The zero-order valence-electron chi connectivity index (χ0n) is 11.9. The average molecular weight is 309 g/mol. The Bertz CT molecular complexity index is 676. The van der Waals surface area contributed by atoms with E-state index in [1.54, 1.807) is 18.3 Å². The molecule has 116 valence electrons. The van der Waals surface area contributed by atoms with Crippen LogP contribution in [0.5, 0.6) is 0 Å². The van der Waals surface area contributed by atoms with E-state index < -0.39 is 17.5 Å². The summed E-state index contributed by atoms with van der Waals surface area (Å²) in [6.45, 7) is 1.86. The molecule has 3 N–H and O–H groups in total. The summed E-state index contributed by atoms with van der Waals surface area (Å²) < 4.78 is 39.0. The molecule has 0 aliphatic rings. The molecule has 2 aromatic rings. The summed E-state index contributed by atoms with van der Waals surface area (Å²) in [6, 6.07) is 9.02. The Morgan fingerprint density at radius 2 is 1.91 bits per heavy atom. The molecule has 2 rings (SSSR count). The summed E-state index contributed by atoms with van der Waals surface area (Å²) in [5, 5.41) is 4.25. The van der Waals surface area contributed by atoms with Gasteiger partial charge in [-0.3, -0.25) is 4.79 Å². The molecule has 2 aromatic carbocycles. The molecule has 0 radical (unpaired) electrons. The molecule has 0 spiro atoms. The second kappa shape index (κ2) is 7.09. The lowest BCUT2D eigenvalue weighted by atomic mass is 10.1. The van der Waals surface area contributed by atoms with Gasteiger partial charge in [-0.05, 0) is 43.3 Å². The van der Waals surface area contributed by atoms with Crippen molar-refractivity contribution in [3.8, 4) is 0 Å². The normalized spacial score (nSPS) is 12.0. The topological polar surface area (TPSA) is 45.7 Å². The first-order chi connectivity index (χ1) is 10.5. The number of amides is 1. The Hall–Kier alpha value is -2.34. The molecule has 0 heterocycles. The third kappa shape index (κ3) is 4.33. The van der Waals surface area contributed by atoms with Gasteiger partial charge in [0.2, 0.25) is 0 Å². The van der Waals surface area contributed by atoms with E-state index in [2.05, 4.69) is 5.32 Å². The molecule has 0 fully saturated rings. The van der Waals surface area contributed by atoms with Gasteiger partial charge in [-0.25, -0.2) is 13.2 Å². The number of hydrogen-bond acceptors (Lipinski definition) is 1. The minimum atomic E-state index is -0.915. The van der Waals surface area contributed by atoms with Gasteiger partial charge in [-0.2, -0.15) is 0 Å². The van der Waals surface area contributed by atoms with Gasteiger partial charge in [0.1, 0.15) is 11.9 Å². The number of carbonyl (C=O) groups is 1. The van der Waals surface area contributed by atoms with Gasteiger partial charge < -0.3 is 10.6 Å². The molecule has 0 aliphatic carbocycles. The van der Waals surface area contributed by atoms with Crippen molar-refractivity contribution in [2.75, 3.05) is 11.9 Å². The monoisotopic (exact) mass is 309 g/mol. The summed E-state index contributed by atoms with van der Waals surface area (Å²) in [5.74, 6) is -2.56. The molecule has 3 nitrogen and oxygen atoms in total. The standard InChI is InChI=1S/C16H15F3N2O/c1-10(11-5-6-14(18)15(19)7-11)20-9-16(22)21-13-4-2-3-12(17)8-13/h2-8,10,20H,9H2,1H3,(H,21,22)/p+1/t10-/m0/s1. The van der Waals surface area contributed by atoms with E-state index in [9.17, 15) is 18.0 Å². The second-order valence-corrected chi connectivity index (χ2v) is 4.96. The van der Waals surface area contributed by atoms with E-state index in [1.807, 2.05) is 0 Å². The summed E-state index contributed by atoms with van der Waals surface area (Å²) in [5.41, 5.74) is 0.955. The van der Waals surface area contributed by atoms with Gasteiger partial charge >= 0.3 is 0 Å². The molecule has 22 heavy (non-hydrogen) atoms. The van der Waals surface area contributed by atoms with Crippen LogP contribution in [0, 0.1) is 17.5 Å². The van der Waals surface area contributed by atoms with E-state index in [4.69, 9.17) is 0 Å². The maximum atomic E-state index is 13.2. The zero-order chi connectivity index (χ0) is 16.1. The Labute approximate surface area is 126 Å². The van der Waals surface area contributed by atoms with Crippen LogP contribution in [0.25, 0.3) is 0 Å². The largest absolute Gasteiger partial charge is 0.333 e. The van der Waals surface area contributed by atoms with Crippen LogP contribution in [0.15, 0.2) is 42.5 Å². The highest BCUT2D eigenvalue weighted by Gasteiger charge is 2.14. The second-order valence-electron chi connectivity index (χ2n) is 4.96. The molecule has 0 saturated heterocycles. The minimum absolute atomic E-state index is 0.0800. The number of halogens is 3. The van der Waals surface area contributed by atoms with Crippen molar-refractivity contribution in [2.45, 2.75) is 13.0 Å². The lowest BCUT2D eigenvalue weighted by Gasteiger charge is -2.11. The van der Waals surface area contributed by atoms with Gasteiger partial charge in [0.25, 0.3) is 5.91 Å². The Balaban J connectivity index is 1.88. The molecule has 1 atom stereocenters. The number of carbonyl (C=O) groups excluding carboxylic acids is 1. The number of anilines is 1. The highest BCUT2D eigenvalue weighted by molar-refractivity contribution is 5.91. The third-order valence-corrected chi connectivity index (χ3v) is 3.23. The van der Waals surface area contributed by atoms with Crippen molar-refractivity contribution < 1.29 is 23.3 Å². The molecule has 0 aromatic heterocycles. The molecule has 6 heteroatoms. The Kier molecular flexibility index (Phi) is 5.16. The summed E-state index contributed by atoms with van der Waals surface area (Å²) in [7, 11) is 0. The molecular formula is C16H16F3N2O+. The van der Waals surface area contributed by atoms with Gasteiger partial charge in [0.15, 0.2) is 18.2 Å². The summed E-state index contributed by atoms with van der Waals surface area (Å²) >= 11 is 0. The van der Waals surface area contributed by atoms with Gasteiger partial charge in [0.05, 0.1) is 0 Å². The predicted octanol–water partition coefficient (Wildman–Crippen LogP) is 2.37. The fourth-order valence-corrected chi connectivity index (χ4v) is 1.99. The van der Waals surface area contributed by atoms with Gasteiger partial charge in [-0.15, -0.1) is 0 Å². The lowest BCUT2D eigenvalue weighted by Crippen LogP contribution is -2.86. The van der Waals surface area contributed by atoms with Crippen molar-refractivity contribution in [2.24, 2.45) is 0 Å². The zero-order valence-corrected chi connectivity index (χ0v) is 11.9. The maximum absolute atomic E-state index is 13.2. The highest BCUT2D eigenvalue weighted by Crippen LogP contribution is 2.13. The molecule has 0 bridgehead atoms. The van der Waals surface area contributed by atoms with Crippen LogP contribution in [0.4, 0.5) is 18.9 Å².